The van der Waals surface area contributed by atoms with E-state index in [2.05, 4.69) is 0 Å². The summed E-state index contributed by atoms with van der Waals surface area (Å²) >= 11 is 5.73. The van der Waals surface area contributed by atoms with E-state index in [-0.39, 0.29) is 0 Å². The molecule has 0 spiro atoms. The van der Waals surface area contributed by atoms with Crippen molar-refractivity contribution in [2.75, 3.05) is 0 Å². The minimum absolute atomic E-state index is 0.373. The van der Waals surface area contributed by atoms with Gasteiger partial charge in [0.1, 0.15) is 4.21 Å². The van der Waals surface area contributed by atoms with Gasteiger partial charge < -0.3 is 0 Å². The van der Waals surface area contributed by atoms with Crippen molar-refractivity contribution in [2.24, 2.45) is 0 Å². The van der Waals surface area contributed by atoms with E-state index in [1.54, 1.807) is 34.3 Å². The van der Waals surface area contributed by atoms with Crippen LogP contribution in [0.4, 0.5) is 0 Å². The highest BCUT2D eigenvalue weighted by Gasteiger charge is 2.24. The predicted octanol–water partition coefficient (Wildman–Crippen LogP) is 5.44. The lowest BCUT2D eigenvalue weighted by atomic mass is 10.5. The van der Waals surface area contributed by atoms with Gasteiger partial charge >= 0.3 is 0 Å². The molecule has 0 N–H and O–H groups in total. The number of hydrogen-bond donors (Lipinski definition) is 0. The van der Waals surface area contributed by atoms with Crippen LogP contribution in [0, 0.1) is 0 Å². The molecule has 0 unspecified atom stereocenters. The van der Waals surface area contributed by atoms with E-state index in [4.69, 9.17) is 0 Å². The van der Waals surface area contributed by atoms with Gasteiger partial charge in [-0.1, -0.05) is 30.0 Å². The molecule has 0 atom stereocenters. The Labute approximate surface area is 139 Å². The molecule has 0 amide bonds. The molecule has 0 saturated carbocycles. The second-order valence-electron chi connectivity index (χ2n) is 3.94. The average molecular weight is 371 g/mol. The summed E-state index contributed by atoms with van der Waals surface area (Å²) in [6, 6.07) is 11.1. The van der Waals surface area contributed by atoms with Crippen molar-refractivity contribution in [3.63, 3.8) is 0 Å². The summed E-state index contributed by atoms with van der Waals surface area (Å²) in [6.07, 6.45) is 0. The van der Waals surface area contributed by atoms with Crippen LogP contribution < -0.4 is 0 Å². The quantitative estimate of drug-likeness (QED) is 0.561. The molecule has 3 rings (SSSR count). The molecular formula is C14H10O2S5. The number of thioether (sulfide) groups is 1. The fourth-order valence-corrected chi connectivity index (χ4v) is 7.16. The smallest absolute Gasteiger partial charge is 0.217 e. The van der Waals surface area contributed by atoms with Crippen molar-refractivity contribution in [2.45, 2.75) is 8.42 Å². The SMILES string of the molecule is O=S(=O)(/C(=C/Sc1cccs1)c1cccs1)c1cccs1. The molecule has 3 aromatic heterocycles. The van der Waals surface area contributed by atoms with Crippen LogP contribution in [-0.4, -0.2) is 8.42 Å². The first kappa shape index (κ1) is 15.1. The lowest BCUT2D eigenvalue weighted by Crippen LogP contribution is -2.00. The van der Waals surface area contributed by atoms with Crippen molar-refractivity contribution in [3.05, 3.63) is 62.8 Å². The molecular weight excluding hydrogens is 360 g/mol. The second-order valence-corrected chi connectivity index (χ2v) is 10.1. The van der Waals surface area contributed by atoms with Crippen LogP contribution in [0.2, 0.25) is 0 Å². The third-order valence-electron chi connectivity index (χ3n) is 2.59. The molecule has 0 bridgehead atoms. The predicted molar refractivity (Wildman–Crippen MR) is 94.0 cm³/mol. The third-order valence-corrected chi connectivity index (χ3v) is 8.92. The van der Waals surface area contributed by atoms with Crippen molar-refractivity contribution >= 4 is 60.5 Å². The molecule has 0 aliphatic rings. The maximum absolute atomic E-state index is 12.8. The molecule has 21 heavy (non-hydrogen) atoms. The second kappa shape index (κ2) is 6.50. The van der Waals surface area contributed by atoms with Gasteiger partial charge in [-0.2, -0.15) is 0 Å². The van der Waals surface area contributed by atoms with E-state index in [1.165, 1.54) is 34.4 Å². The maximum atomic E-state index is 12.8. The Hall–Kier alpha value is -0.860. The van der Waals surface area contributed by atoms with Gasteiger partial charge in [0, 0.05) is 4.88 Å². The first-order valence-electron chi connectivity index (χ1n) is 5.91. The van der Waals surface area contributed by atoms with E-state index in [1.807, 2.05) is 35.0 Å². The summed E-state index contributed by atoms with van der Waals surface area (Å²) in [5.41, 5.74) is 0. The molecule has 0 aliphatic carbocycles. The Morgan fingerprint density at radius 3 is 2.29 bits per heavy atom. The van der Waals surface area contributed by atoms with Crippen molar-refractivity contribution in [1.29, 1.82) is 0 Å². The average Bonchev–Trinajstić information content (AvgIpc) is 3.22. The Morgan fingerprint density at radius 2 is 1.67 bits per heavy atom. The van der Waals surface area contributed by atoms with Crippen molar-refractivity contribution in [1.82, 2.24) is 0 Å². The Bertz CT molecular complexity index is 810. The van der Waals surface area contributed by atoms with E-state index in [0.29, 0.717) is 9.11 Å². The fraction of sp³-hybridized carbons (Fsp3) is 0. The molecule has 7 heteroatoms. The minimum atomic E-state index is -3.46. The van der Waals surface area contributed by atoms with Gasteiger partial charge in [0.15, 0.2) is 0 Å². The topological polar surface area (TPSA) is 34.1 Å². The third kappa shape index (κ3) is 3.32. The van der Waals surface area contributed by atoms with Gasteiger partial charge in [-0.25, -0.2) is 8.42 Å². The fourth-order valence-electron chi connectivity index (χ4n) is 1.64. The van der Waals surface area contributed by atoms with Gasteiger partial charge in [0.05, 0.1) is 9.11 Å². The first-order valence-corrected chi connectivity index (χ1v) is 10.9. The van der Waals surface area contributed by atoms with E-state index >= 15 is 0 Å². The summed E-state index contributed by atoms with van der Waals surface area (Å²) in [6.45, 7) is 0. The molecule has 3 heterocycles. The summed E-state index contributed by atoms with van der Waals surface area (Å²) in [5, 5.41) is 7.40. The number of sulfone groups is 1. The van der Waals surface area contributed by atoms with Crippen LogP contribution in [0.5, 0.6) is 0 Å². The number of rotatable bonds is 5. The van der Waals surface area contributed by atoms with Gasteiger partial charge in [0.2, 0.25) is 9.84 Å². The molecule has 0 saturated heterocycles. The van der Waals surface area contributed by atoms with Crippen LogP contribution >= 0.6 is 45.8 Å². The van der Waals surface area contributed by atoms with Crippen molar-refractivity contribution in [3.8, 4) is 0 Å². The highest BCUT2D eigenvalue weighted by atomic mass is 32.2. The number of hydrogen-bond acceptors (Lipinski definition) is 6. The van der Waals surface area contributed by atoms with Crippen molar-refractivity contribution < 1.29 is 8.42 Å². The van der Waals surface area contributed by atoms with Crippen LogP contribution in [0.1, 0.15) is 4.88 Å². The van der Waals surface area contributed by atoms with Gasteiger partial charge in [0.25, 0.3) is 0 Å². The zero-order valence-electron chi connectivity index (χ0n) is 10.6. The lowest BCUT2D eigenvalue weighted by Gasteiger charge is -2.05. The monoisotopic (exact) mass is 370 g/mol. The largest absolute Gasteiger partial charge is 0.218 e. The zero-order valence-corrected chi connectivity index (χ0v) is 14.7. The summed E-state index contributed by atoms with van der Waals surface area (Å²) in [4.78, 5) is 1.14. The normalized spacial score (nSPS) is 12.7. The van der Waals surface area contributed by atoms with Crippen LogP contribution in [0.25, 0.3) is 4.91 Å². The standard InChI is InChI=1S/C14H10O2S5/c15-21(16,14-6-3-9-19-14)12(11-4-1-7-17-11)10-20-13-5-2-8-18-13/h1-10H/b12-10+. The van der Waals surface area contributed by atoms with Gasteiger partial charge in [-0.3, -0.25) is 0 Å². The summed E-state index contributed by atoms with van der Waals surface area (Å²) < 4.78 is 27.0. The zero-order chi connectivity index (χ0) is 14.7. The van der Waals surface area contributed by atoms with Gasteiger partial charge in [-0.05, 0) is 39.7 Å². The highest BCUT2D eigenvalue weighted by molar-refractivity contribution is 8.07. The molecule has 0 fully saturated rings. The van der Waals surface area contributed by atoms with E-state index in [9.17, 15) is 8.42 Å². The molecule has 3 aromatic rings. The lowest BCUT2D eigenvalue weighted by molar-refractivity contribution is 0.608. The minimum Gasteiger partial charge on any atom is -0.218 e. The Balaban J connectivity index is 2.03. The van der Waals surface area contributed by atoms with E-state index < -0.39 is 9.84 Å². The molecule has 2 nitrogen and oxygen atoms in total. The van der Waals surface area contributed by atoms with Crippen LogP contribution in [0.3, 0.4) is 0 Å². The number of thiophene rings is 3. The highest BCUT2D eigenvalue weighted by Crippen LogP contribution is 2.36. The molecule has 0 radical (unpaired) electrons. The molecule has 0 aromatic carbocycles. The van der Waals surface area contributed by atoms with Crippen LogP contribution in [0.15, 0.2) is 66.4 Å². The maximum Gasteiger partial charge on any atom is 0.217 e. The van der Waals surface area contributed by atoms with Crippen LogP contribution in [-0.2, 0) is 9.84 Å². The Morgan fingerprint density at radius 1 is 0.952 bits per heavy atom. The van der Waals surface area contributed by atoms with Gasteiger partial charge in [-0.15, -0.1) is 34.0 Å². The van der Waals surface area contributed by atoms with E-state index in [0.717, 1.165) is 9.09 Å². The summed E-state index contributed by atoms with van der Waals surface area (Å²) in [7, 11) is -3.46. The molecule has 0 aliphatic heterocycles. The first-order chi connectivity index (χ1) is 10.2. The summed E-state index contributed by atoms with van der Waals surface area (Å²) in [5.74, 6) is 0. The Kier molecular flexibility index (Phi) is 4.66. The molecule has 108 valence electrons.